The summed E-state index contributed by atoms with van der Waals surface area (Å²) in [5.41, 5.74) is 1.47. The van der Waals surface area contributed by atoms with Crippen molar-refractivity contribution in [1.82, 2.24) is 9.55 Å². The number of aromatic nitrogens is 2. The average Bonchev–Trinajstić information content (AvgIpc) is 2.65. The van der Waals surface area contributed by atoms with Gasteiger partial charge in [-0.2, -0.15) is 0 Å². The van der Waals surface area contributed by atoms with Crippen molar-refractivity contribution in [2.45, 2.75) is 17.3 Å². The Morgan fingerprint density at radius 2 is 2.05 bits per heavy atom. The second-order valence-corrected chi connectivity index (χ2v) is 5.37. The second kappa shape index (κ2) is 4.93. The lowest BCUT2D eigenvalue weighted by atomic mass is 10.2. The maximum atomic E-state index is 10.9. The van der Waals surface area contributed by atoms with Gasteiger partial charge in [0.25, 0.3) is 0 Å². The summed E-state index contributed by atoms with van der Waals surface area (Å²) < 4.78 is 1.76. The summed E-state index contributed by atoms with van der Waals surface area (Å²) in [6.45, 7) is 1.58. The molecule has 2 rings (SSSR count). The SMILES string of the molecule is CC(Sc1nc2cc(C(=O)O)ccc2n1C)C(=O)O. The van der Waals surface area contributed by atoms with Gasteiger partial charge >= 0.3 is 11.9 Å². The molecule has 1 unspecified atom stereocenters. The molecule has 0 spiro atoms. The molecule has 0 bridgehead atoms. The zero-order valence-electron chi connectivity index (χ0n) is 10.3. The number of carboxylic acid groups (broad SMARTS) is 2. The summed E-state index contributed by atoms with van der Waals surface area (Å²) >= 11 is 1.12. The highest BCUT2D eigenvalue weighted by Gasteiger charge is 2.17. The van der Waals surface area contributed by atoms with Crippen LogP contribution in [0.15, 0.2) is 23.4 Å². The molecule has 19 heavy (non-hydrogen) atoms. The topological polar surface area (TPSA) is 92.4 Å². The van der Waals surface area contributed by atoms with Gasteiger partial charge in [-0.3, -0.25) is 4.79 Å². The van der Waals surface area contributed by atoms with Crippen LogP contribution in [-0.2, 0) is 11.8 Å². The summed E-state index contributed by atoms with van der Waals surface area (Å²) in [5.74, 6) is -1.93. The van der Waals surface area contributed by atoms with Crippen molar-refractivity contribution in [2.24, 2.45) is 7.05 Å². The molecule has 1 aromatic heterocycles. The van der Waals surface area contributed by atoms with Gasteiger partial charge in [-0.1, -0.05) is 11.8 Å². The first-order valence-electron chi connectivity index (χ1n) is 5.49. The quantitative estimate of drug-likeness (QED) is 0.830. The van der Waals surface area contributed by atoms with E-state index in [1.807, 2.05) is 0 Å². The molecule has 1 aromatic carbocycles. The van der Waals surface area contributed by atoms with Crippen LogP contribution in [0, 0.1) is 0 Å². The first-order chi connectivity index (χ1) is 8.90. The highest BCUT2D eigenvalue weighted by molar-refractivity contribution is 8.00. The third-order valence-electron chi connectivity index (χ3n) is 2.72. The molecule has 0 aliphatic carbocycles. The lowest BCUT2D eigenvalue weighted by Crippen LogP contribution is -2.12. The maximum absolute atomic E-state index is 10.9. The fourth-order valence-corrected chi connectivity index (χ4v) is 2.45. The molecule has 0 saturated carbocycles. The van der Waals surface area contributed by atoms with E-state index in [4.69, 9.17) is 10.2 Å². The van der Waals surface area contributed by atoms with Crippen LogP contribution in [0.5, 0.6) is 0 Å². The standard InChI is InChI=1S/C12H12N2O4S/c1-6(10(15)16)19-12-13-8-5-7(11(17)18)3-4-9(8)14(12)2/h3-6H,1-2H3,(H,15,16)(H,17,18). The number of imidazole rings is 1. The zero-order valence-corrected chi connectivity index (χ0v) is 11.1. The Morgan fingerprint density at radius 3 is 2.63 bits per heavy atom. The molecule has 6 nitrogen and oxygen atoms in total. The fraction of sp³-hybridized carbons (Fsp3) is 0.250. The van der Waals surface area contributed by atoms with Gasteiger partial charge in [0.05, 0.1) is 16.6 Å². The lowest BCUT2D eigenvalue weighted by Gasteiger charge is -2.05. The third kappa shape index (κ3) is 2.55. The minimum atomic E-state index is -1.01. The number of thioether (sulfide) groups is 1. The number of carboxylic acids is 2. The summed E-state index contributed by atoms with van der Waals surface area (Å²) in [5, 5.41) is 17.7. The van der Waals surface area contributed by atoms with Crippen LogP contribution >= 0.6 is 11.8 Å². The molecule has 1 atom stereocenters. The lowest BCUT2D eigenvalue weighted by molar-refractivity contribution is -0.136. The monoisotopic (exact) mass is 280 g/mol. The second-order valence-electron chi connectivity index (χ2n) is 4.06. The van der Waals surface area contributed by atoms with Crippen LogP contribution < -0.4 is 0 Å². The molecule has 2 N–H and O–H groups in total. The normalized spacial score (nSPS) is 12.5. The van der Waals surface area contributed by atoms with E-state index < -0.39 is 17.2 Å². The van der Waals surface area contributed by atoms with E-state index in [0.29, 0.717) is 10.7 Å². The minimum Gasteiger partial charge on any atom is -0.480 e. The number of hydrogen-bond donors (Lipinski definition) is 2. The Labute approximate surface area is 113 Å². The van der Waals surface area contributed by atoms with Crippen molar-refractivity contribution in [2.75, 3.05) is 0 Å². The number of benzene rings is 1. The van der Waals surface area contributed by atoms with Gasteiger partial charge in [-0.15, -0.1) is 0 Å². The highest BCUT2D eigenvalue weighted by Crippen LogP contribution is 2.26. The van der Waals surface area contributed by atoms with Crippen molar-refractivity contribution in [3.8, 4) is 0 Å². The predicted molar refractivity (Wildman–Crippen MR) is 70.6 cm³/mol. The van der Waals surface area contributed by atoms with Crippen molar-refractivity contribution in [3.05, 3.63) is 23.8 Å². The number of aryl methyl sites for hydroxylation is 1. The Morgan fingerprint density at radius 1 is 1.37 bits per heavy atom. The maximum Gasteiger partial charge on any atom is 0.335 e. The summed E-state index contributed by atoms with van der Waals surface area (Å²) in [4.78, 5) is 26.0. The van der Waals surface area contributed by atoms with Gasteiger partial charge in [0.1, 0.15) is 5.25 Å². The van der Waals surface area contributed by atoms with Crippen molar-refractivity contribution < 1.29 is 19.8 Å². The van der Waals surface area contributed by atoms with Gasteiger partial charge in [0.2, 0.25) is 0 Å². The smallest absolute Gasteiger partial charge is 0.335 e. The number of nitrogens with zero attached hydrogens (tertiary/aromatic N) is 2. The third-order valence-corrected chi connectivity index (χ3v) is 3.85. The van der Waals surface area contributed by atoms with E-state index >= 15 is 0 Å². The highest BCUT2D eigenvalue weighted by atomic mass is 32.2. The molecule has 100 valence electrons. The first kappa shape index (κ1) is 13.4. The molecule has 2 aromatic rings. The van der Waals surface area contributed by atoms with Gasteiger partial charge < -0.3 is 14.8 Å². The molecule has 0 saturated heterocycles. The predicted octanol–water partition coefficient (Wildman–Crippen LogP) is 1.84. The van der Waals surface area contributed by atoms with Crippen LogP contribution in [0.2, 0.25) is 0 Å². The van der Waals surface area contributed by atoms with Crippen LogP contribution in [0.4, 0.5) is 0 Å². The Balaban J connectivity index is 2.44. The molecule has 1 heterocycles. The molecule has 0 aliphatic rings. The molecular formula is C12H12N2O4S. The minimum absolute atomic E-state index is 0.161. The number of rotatable bonds is 4. The summed E-state index contributed by atoms with van der Waals surface area (Å²) in [6, 6.07) is 4.65. The molecule has 0 amide bonds. The van der Waals surface area contributed by atoms with Crippen LogP contribution in [0.25, 0.3) is 11.0 Å². The molecule has 0 aliphatic heterocycles. The van der Waals surface area contributed by atoms with Gasteiger partial charge in [0.15, 0.2) is 5.16 Å². The Kier molecular flexibility index (Phi) is 3.48. The van der Waals surface area contributed by atoms with E-state index in [2.05, 4.69) is 4.98 Å². The van der Waals surface area contributed by atoms with Crippen molar-refractivity contribution in [1.29, 1.82) is 0 Å². The number of aliphatic carboxylic acids is 1. The fourth-order valence-electron chi connectivity index (χ4n) is 1.62. The van der Waals surface area contributed by atoms with Gasteiger partial charge in [0, 0.05) is 7.05 Å². The average molecular weight is 280 g/mol. The van der Waals surface area contributed by atoms with Crippen molar-refractivity contribution >= 4 is 34.7 Å². The summed E-state index contributed by atoms with van der Waals surface area (Å²) in [6.07, 6.45) is 0. The summed E-state index contributed by atoms with van der Waals surface area (Å²) in [7, 11) is 1.77. The van der Waals surface area contributed by atoms with Crippen LogP contribution in [0.3, 0.4) is 0 Å². The number of aromatic carboxylic acids is 1. The van der Waals surface area contributed by atoms with E-state index in [1.165, 1.54) is 12.1 Å². The number of fused-ring (bicyclic) bond motifs is 1. The van der Waals surface area contributed by atoms with E-state index in [1.54, 1.807) is 24.6 Å². The Hall–Kier alpha value is -2.02. The number of carbonyl (C=O) groups is 2. The van der Waals surface area contributed by atoms with E-state index in [-0.39, 0.29) is 5.56 Å². The van der Waals surface area contributed by atoms with Gasteiger partial charge in [-0.25, -0.2) is 9.78 Å². The first-order valence-corrected chi connectivity index (χ1v) is 6.37. The number of hydrogen-bond acceptors (Lipinski definition) is 4. The molecule has 0 radical (unpaired) electrons. The Bertz CT molecular complexity index is 665. The van der Waals surface area contributed by atoms with Crippen molar-refractivity contribution in [3.63, 3.8) is 0 Å². The largest absolute Gasteiger partial charge is 0.480 e. The van der Waals surface area contributed by atoms with Crippen LogP contribution in [-0.4, -0.2) is 37.0 Å². The van der Waals surface area contributed by atoms with Gasteiger partial charge in [-0.05, 0) is 25.1 Å². The molecular weight excluding hydrogens is 268 g/mol. The zero-order chi connectivity index (χ0) is 14.2. The molecule has 0 fully saturated rings. The van der Waals surface area contributed by atoms with E-state index in [0.717, 1.165) is 17.3 Å². The van der Waals surface area contributed by atoms with E-state index in [9.17, 15) is 9.59 Å². The molecule has 7 heteroatoms. The van der Waals surface area contributed by atoms with Crippen LogP contribution in [0.1, 0.15) is 17.3 Å².